The molecule has 1 fully saturated rings. The maximum atomic E-state index is 12.0. The van der Waals surface area contributed by atoms with Gasteiger partial charge in [0.2, 0.25) is 11.8 Å². The number of hydrogen-bond acceptors (Lipinski definition) is 2. The molecule has 2 amide bonds. The lowest BCUT2D eigenvalue weighted by Crippen LogP contribution is -2.44. The molecule has 4 heteroatoms. The fraction of sp³-hybridized carbons (Fsp3) is 0.467. The van der Waals surface area contributed by atoms with Gasteiger partial charge in [0.05, 0.1) is 0 Å². The number of rotatable bonds is 4. The topological polar surface area (TPSA) is 37.4 Å². The Morgan fingerprint density at radius 2 is 1.79 bits per heavy atom. The van der Waals surface area contributed by atoms with E-state index in [1.165, 1.54) is 4.90 Å². The van der Waals surface area contributed by atoms with E-state index in [9.17, 15) is 9.59 Å². The molecule has 1 saturated heterocycles. The number of amides is 2. The summed E-state index contributed by atoms with van der Waals surface area (Å²) in [6.07, 6.45) is 0.963. The first kappa shape index (κ1) is 14.3. The predicted molar refractivity (Wildman–Crippen MR) is 78.1 cm³/mol. The van der Waals surface area contributed by atoms with Crippen molar-refractivity contribution in [2.75, 3.05) is 11.9 Å². The van der Waals surface area contributed by atoms with Crippen molar-refractivity contribution in [2.24, 2.45) is 5.92 Å². The Kier molecular flexibility index (Phi) is 4.75. The maximum absolute atomic E-state index is 12.0. The molecule has 3 nitrogen and oxygen atoms in total. The van der Waals surface area contributed by atoms with Crippen LogP contribution in [0.25, 0.3) is 0 Å². The molecule has 0 aliphatic carbocycles. The number of halogens is 1. The lowest BCUT2D eigenvalue weighted by atomic mass is 9.95. The quantitative estimate of drug-likeness (QED) is 0.631. The van der Waals surface area contributed by atoms with Gasteiger partial charge in [0, 0.05) is 30.6 Å². The van der Waals surface area contributed by atoms with Crippen molar-refractivity contribution in [3.8, 4) is 0 Å². The first-order valence-electron chi connectivity index (χ1n) is 6.56. The number of alkyl halides is 1. The van der Waals surface area contributed by atoms with Crippen LogP contribution < -0.4 is 0 Å². The number of hydrogen-bond donors (Lipinski definition) is 0. The second-order valence-corrected chi connectivity index (χ2v) is 5.82. The van der Waals surface area contributed by atoms with Gasteiger partial charge in [-0.15, -0.1) is 0 Å². The van der Waals surface area contributed by atoms with Crippen molar-refractivity contribution in [3.05, 3.63) is 35.9 Å². The summed E-state index contributed by atoms with van der Waals surface area (Å²) in [5, 5.41) is 0.740. The van der Waals surface area contributed by atoms with Crippen molar-refractivity contribution in [1.29, 1.82) is 0 Å². The predicted octanol–water partition coefficient (Wildman–Crippen LogP) is 2.95. The molecule has 1 aliphatic heterocycles. The Bertz CT molecular complexity index is 442. The van der Waals surface area contributed by atoms with Gasteiger partial charge < -0.3 is 0 Å². The second kappa shape index (κ2) is 6.33. The zero-order valence-corrected chi connectivity index (χ0v) is 12.6. The van der Waals surface area contributed by atoms with Crippen LogP contribution in [0.5, 0.6) is 0 Å². The summed E-state index contributed by atoms with van der Waals surface area (Å²) in [7, 11) is 0. The number of carbonyl (C=O) groups is 2. The van der Waals surface area contributed by atoms with Crippen molar-refractivity contribution < 1.29 is 9.59 Å². The highest BCUT2D eigenvalue weighted by atomic mass is 79.9. The molecule has 0 bridgehead atoms. The summed E-state index contributed by atoms with van der Waals surface area (Å²) in [4.78, 5) is 25.4. The molecule has 2 rings (SSSR count). The average Bonchev–Trinajstić information content (AvgIpc) is 2.39. The van der Waals surface area contributed by atoms with Crippen LogP contribution in [0.3, 0.4) is 0 Å². The lowest BCUT2D eigenvalue weighted by molar-refractivity contribution is -0.149. The van der Waals surface area contributed by atoms with E-state index < -0.39 is 0 Å². The molecule has 1 aromatic carbocycles. The van der Waals surface area contributed by atoms with Crippen LogP contribution in [-0.4, -0.2) is 28.6 Å². The van der Waals surface area contributed by atoms with E-state index in [1.54, 1.807) is 0 Å². The third-order valence-corrected chi connectivity index (χ3v) is 4.29. The number of carbonyl (C=O) groups excluding carboxylic acids is 2. The Morgan fingerprint density at radius 1 is 1.21 bits per heavy atom. The van der Waals surface area contributed by atoms with E-state index in [4.69, 9.17) is 0 Å². The number of imide groups is 1. The number of piperidine rings is 1. The molecule has 0 spiro atoms. The fourth-order valence-corrected chi connectivity index (χ4v) is 3.00. The van der Waals surface area contributed by atoms with E-state index in [0.29, 0.717) is 19.4 Å². The van der Waals surface area contributed by atoms with Gasteiger partial charge in [-0.05, 0) is 11.5 Å². The van der Waals surface area contributed by atoms with Crippen LogP contribution in [0.1, 0.15) is 31.2 Å². The molecule has 1 atom stereocenters. The lowest BCUT2D eigenvalue weighted by Gasteiger charge is -2.31. The molecule has 0 saturated carbocycles. The van der Waals surface area contributed by atoms with E-state index >= 15 is 0 Å². The molecule has 1 aromatic rings. The molecule has 1 unspecified atom stereocenters. The Balaban J connectivity index is 2.10. The van der Waals surface area contributed by atoms with Gasteiger partial charge in [-0.3, -0.25) is 14.5 Å². The van der Waals surface area contributed by atoms with Crippen LogP contribution in [0.2, 0.25) is 0 Å². The smallest absolute Gasteiger partial charge is 0.229 e. The first-order valence-corrected chi connectivity index (χ1v) is 7.68. The molecular weight excluding hydrogens is 306 g/mol. The normalized spacial score (nSPS) is 18.7. The maximum Gasteiger partial charge on any atom is 0.229 e. The van der Waals surface area contributed by atoms with Gasteiger partial charge in [0.15, 0.2) is 0 Å². The van der Waals surface area contributed by atoms with Gasteiger partial charge in [-0.2, -0.15) is 0 Å². The number of benzene rings is 1. The summed E-state index contributed by atoms with van der Waals surface area (Å²) >= 11 is 3.48. The molecule has 19 heavy (non-hydrogen) atoms. The zero-order chi connectivity index (χ0) is 13.8. The summed E-state index contributed by atoms with van der Waals surface area (Å²) in [6, 6.07) is 9.99. The van der Waals surface area contributed by atoms with Crippen LogP contribution in [0, 0.1) is 5.92 Å². The van der Waals surface area contributed by atoms with Crippen LogP contribution >= 0.6 is 15.9 Å². The minimum absolute atomic E-state index is 0.0365. The zero-order valence-electron chi connectivity index (χ0n) is 11.0. The van der Waals surface area contributed by atoms with Gasteiger partial charge in [-0.25, -0.2) is 0 Å². The SMILES string of the molecule is CC1CC(=O)N(CC(CBr)c2ccccc2)C(=O)C1. The van der Waals surface area contributed by atoms with Crippen molar-refractivity contribution in [3.63, 3.8) is 0 Å². The fourth-order valence-electron chi connectivity index (χ4n) is 2.42. The third kappa shape index (κ3) is 3.44. The van der Waals surface area contributed by atoms with Crippen LogP contribution in [0.4, 0.5) is 0 Å². The molecule has 102 valence electrons. The molecule has 1 aliphatic rings. The minimum Gasteiger partial charge on any atom is -0.282 e. The monoisotopic (exact) mass is 323 g/mol. The highest BCUT2D eigenvalue weighted by Crippen LogP contribution is 2.24. The van der Waals surface area contributed by atoms with E-state index in [-0.39, 0.29) is 23.7 Å². The van der Waals surface area contributed by atoms with E-state index in [2.05, 4.69) is 15.9 Å². The van der Waals surface area contributed by atoms with Gasteiger partial charge in [0.1, 0.15) is 0 Å². The Morgan fingerprint density at radius 3 is 2.32 bits per heavy atom. The first-order chi connectivity index (χ1) is 9.11. The average molecular weight is 324 g/mol. The Hall–Kier alpha value is -1.16. The summed E-state index contributed by atoms with van der Waals surface area (Å²) < 4.78 is 0. The van der Waals surface area contributed by atoms with Gasteiger partial charge in [0.25, 0.3) is 0 Å². The number of nitrogens with zero attached hydrogens (tertiary/aromatic N) is 1. The summed E-state index contributed by atoms with van der Waals surface area (Å²) in [6.45, 7) is 2.42. The number of likely N-dealkylation sites (tertiary alicyclic amines) is 1. The van der Waals surface area contributed by atoms with Gasteiger partial charge in [-0.1, -0.05) is 53.2 Å². The molecule has 1 heterocycles. The second-order valence-electron chi connectivity index (χ2n) is 5.17. The van der Waals surface area contributed by atoms with Crippen LogP contribution in [-0.2, 0) is 9.59 Å². The highest BCUT2D eigenvalue weighted by Gasteiger charge is 2.31. The van der Waals surface area contributed by atoms with Crippen molar-refractivity contribution in [2.45, 2.75) is 25.7 Å². The minimum atomic E-state index is -0.0365. The Labute approximate surface area is 122 Å². The van der Waals surface area contributed by atoms with Crippen molar-refractivity contribution in [1.82, 2.24) is 4.90 Å². The highest BCUT2D eigenvalue weighted by molar-refractivity contribution is 9.09. The summed E-state index contributed by atoms with van der Waals surface area (Å²) in [5.74, 6) is 0.258. The molecule has 0 N–H and O–H groups in total. The molecular formula is C15H18BrNO2. The van der Waals surface area contributed by atoms with Crippen molar-refractivity contribution >= 4 is 27.7 Å². The molecule has 0 aromatic heterocycles. The summed E-state index contributed by atoms with van der Waals surface area (Å²) in [5.41, 5.74) is 1.15. The van der Waals surface area contributed by atoms with Crippen LogP contribution in [0.15, 0.2) is 30.3 Å². The standard InChI is InChI=1S/C15H18BrNO2/c1-11-7-14(18)17(15(19)8-11)10-13(9-16)12-5-3-2-4-6-12/h2-6,11,13H,7-10H2,1H3. The third-order valence-electron chi connectivity index (χ3n) is 3.51. The van der Waals surface area contributed by atoms with E-state index in [0.717, 1.165) is 10.9 Å². The van der Waals surface area contributed by atoms with E-state index in [1.807, 2.05) is 37.3 Å². The molecule has 0 radical (unpaired) electrons. The van der Waals surface area contributed by atoms with Gasteiger partial charge >= 0.3 is 0 Å². The largest absolute Gasteiger partial charge is 0.282 e.